The molecular formula is C12H8ClNO5S. The molecule has 0 aliphatic heterocycles. The Bertz CT molecular complexity index is 760. The third kappa shape index (κ3) is 2.89. The molecule has 0 spiro atoms. The lowest BCUT2D eigenvalue weighted by molar-refractivity contribution is -0.385. The second-order valence-electron chi connectivity index (χ2n) is 3.69. The minimum atomic E-state index is -4.24. The third-order valence-corrected chi connectivity index (χ3v) is 4.10. The molecule has 2 aromatic rings. The van der Waals surface area contributed by atoms with E-state index in [1.165, 1.54) is 36.4 Å². The van der Waals surface area contributed by atoms with Crippen LogP contribution in [0.25, 0.3) is 0 Å². The molecule has 0 radical (unpaired) electrons. The molecule has 0 bridgehead atoms. The lowest BCUT2D eigenvalue weighted by atomic mass is 10.3. The number of para-hydroxylation sites is 2. The molecule has 0 unspecified atom stereocenters. The number of rotatable bonds is 4. The van der Waals surface area contributed by atoms with Crippen molar-refractivity contribution in [2.75, 3.05) is 0 Å². The second-order valence-corrected chi connectivity index (χ2v) is 5.61. The van der Waals surface area contributed by atoms with Gasteiger partial charge >= 0.3 is 15.8 Å². The van der Waals surface area contributed by atoms with Crippen LogP contribution in [0.5, 0.6) is 5.75 Å². The van der Waals surface area contributed by atoms with E-state index in [4.69, 9.17) is 15.8 Å². The summed E-state index contributed by atoms with van der Waals surface area (Å²) in [6.07, 6.45) is 0. The van der Waals surface area contributed by atoms with E-state index in [0.29, 0.717) is 0 Å². The van der Waals surface area contributed by atoms with Gasteiger partial charge in [0.15, 0.2) is 0 Å². The standard InChI is InChI=1S/C12H8ClNO5S/c13-9-5-1-4-8-12(9)20(17,18)19-11-7-3-2-6-10(11)14(15)16/h1-8H. The van der Waals surface area contributed by atoms with Crippen LogP contribution in [-0.2, 0) is 10.1 Å². The fraction of sp³-hybridized carbons (Fsp3) is 0. The van der Waals surface area contributed by atoms with Crippen LogP contribution >= 0.6 is 11.6 Å². The first kappa shape index (κ1) is 14.3. The summed E-state index contributed by atoms with van der Waals surface area (Å²) in [6, 6.07) is 10.9. The van der Waals surface area contributed by atoms with Gasteiger partial charge in [0.2, 0.25) is 5.75 Å². The normalized spacial score (nSPS) is 11.1. The Labute approximate surface area is 119 Å². The van der Waals surface area contributed by atoms with E-state index >= 15 is 0 Å². The minimum absolute atomic E-state index is 0.0221. The Morgan fingerprint density at radius 3 is 2.30 bits per heavy atom. The summed E-state index contributed by atoms with van der Waals surface area (Å²) in [5, 5.41) is 10.8. The lowest BCUT2D eigenvalue weighted by Gasteiger charge is -2.08. The molecule has 8 heteroatoms. The summed E-state index contributed by atoms with van der Waals surface area (Å²) in [5.74, 6) is -0.364. The maximum absolute atomic E-state index is 12.1. The van der Waals surface area contributed by atoms with E-state index in [9.17, 15) is 18.5 Å². The van der Waals surface area contributed by atoms with Gasteiger partial charge < -0.3 is 4.18 Å². The zero-order valence-corrected chi connectivity index (χ0v) is 11.5. The van der Waals surface area contributed by atoms with Gasteiger partial charge in [-0.2, -0.15) is 8.42 Å². The van der Waals surface area contributed by atoms with Crippen LogP contribution in [0.4, 0.5) is 5.69 Å². The molecule has 20 heavy (non-hydrogen) atoms. The third-order valence-electron chi connectivity index (χ3n) is 2.37. The topological polar surface area (TPSA) is 86.5 Å². The van der Waals surface area contributed by atoms with Gasteiger partial charge in [0.1, 0.15) is 4.90 Å². The molecular weight excluding hydrogens is 306 g/mol. The molecule has 0 saturated heterocycles. The van der Waals surface area contributed by atoms with Crippen LogP contribution in [0.1, 0.15) is 0 Å². The number of halogens is 1. The molecule has 0 N–H and O–H groups in total. The summed E-state index contributed by atoms with van der Waals surface area (Å²) in [4.78, 5) is 9.84. The second kappa shape index (κ2) is 5.48. The first-order chi connectivity index (χ1) is 9.42. The van der Waals surface area contributed by atoms with Crippen molar-refractivity contribution in [2.24, 2.45) is 0 Å². The van der Waals surface area contributed by atoms with E-state index in [2.05, 4.69) is 0 Å². The summed E-state index contributed by atoms with van der Waals surface area (Å²) >= 11 is 5.78. The average Bonchev–Trinajstić information content (AvgIpc) is 2.39. The van der Waals surface area contributed by atoms with Crippen molar-refractivity contribution in [3.63, 3.8) is 0 Å². The molecule has 0 atom stereocenters. The molecule has 0 saturated carbocycles. The molecule has 2 rings (SSSR count). The van der Waals surface area contributed by atoms with Crippen molar-refractivity contribution in [1.82, 2.24) is 0 Å². The van der Waals surface area contributed by atoms with E-state index in [-0.39, 0.29) is 15.7 Å². The molecule has 2 aromatic carbocycles. The zero-order chi connectivity index (χ0) is 14.8. The summed E-state index contributed by atoms with van der Waals surface area (Å²) in [7, 11) is -4.24. The Kier molecular flexibility index (Phi) is 3.91. The van der Waals surface area contributed by atoms with E-state index in [1.807, 2.05) is 0 Å². The van der Waals surface area contributed by atoms with Crippen LogP contribution in [0.3, 0.4) is 0 Å². The molecule has 0 aliphatic rings. The number of benzene rings is 2. The average molecular weight is 314 g/mol. The van der Waals surface area contributed by atoms with Crippen molar-refractivity contribution in [3.8, 4) is 5.75 Å². The van der Waals surface area contributed by atoms with Crippen molar-refractivity contribution in [1.29, 1.82) is 0 Å². The highest BCUT2D eigenvalue weighted by atomic mass is 35.5. The van der Waals surface area contributed by atoms with Gasteiger partial charge in [0.25, 0.3) is 0 Å². The fourth-order valence-electron chi connectivity index (χ4n) is 1.49. The van der Waals surface area contributed by atoms with Crippen LogP contribution in [-0.4, -0.2) is 13.3 Å². The number of nitro groups is 1. The highest BCUT2D eigenvalue weighted by molar-refractivity contribution is 7.87. The van der Waals surface area contributed by atoms with Crippen molar-refractivity contribution in [3.05, 3.63) is 63.7 Å². The van der Waals surface area contributed by atoms with Crippen molar-refractivity contribution in [2.45, 2.75) is 4.90 Å². The van der Waals surface area contributed by atoms with Gasteiger partial charge in [-0.15, -0.1) is 0 Å². The maximum atomic E-state index is 12.1. The summed E-state index contributed by atoms with van der Waals surface area (Å²) in [6.45, 7) is 0. The van der Waals surface area contributed by atoms with E-state index in [0.717, 1.165) is 6.07 Å². The predicted octanol–water partition coefficient (Wildman–Crippen LogP) is 3.02. The maximum Gasteiger partial charge on any atom is 0.340 e. The Balaban J connectivity index is 2.45. The quantitative estimate of drug-likeness (QED) is 0.492. The first-order valence-corrected chi connectivity index (χ1v) is 7.13. The van der Waals surface area contributed by atoms with Crippen LogP contribution < -0.4 is 4.18 Å². The van der Waals surface area contributed by atoms with Crippen LogP contribution in [0, 0.1) is 10.1 Å². The van der Waals surface area contributed by atoms with Gasteiger partial charge in [-0.3, -0.25) is 10.1 Å². The molecule has 0 fully saturated rings. The van der Waals surface area contributed by atoms with Gasteiger partial charge in [-0.25, -0.2) is 0 Å². The van der Waals surface area contributed by atoms with Gasteiger partial charge in [0, 0.05) is 6.07 Å². The smallest absolute Gasteiger partial charge is 0.340 e. The predicted molar refractivity (Wildman–Crippen MR) is 72.4 cm³/mol. The number of nitro benzene ring substituents is 1. The molecule has 6 nitrogen and oxygen atoms in total. The molecule has 0 aliphatic carbocycles. The Morgan fingerprint density at radius 1 is 1.05 bits per heavy atom. The molecule has 104 valence electrons. The highest BCUT2D eigenvalue weighted by Crippen LogP contribution is 2.30. The summed E-state index contributed by atoms with van der Waals surface area (Å²) < 4.78 is 28.9. The SMILES string of the molecule is O=[N+]([O-])c1ccccc1OS(=O)(=O)c1ccccc1Cl. The Hall–Kier alpha value is -2.12. The van der Waals surface area contributed by atoms with E-state index in [1.54, 1.807) is 6.07 Å². The number of nitrogens with zero attached hydrogens (tertiary/aromatic N) is 1. The number of hydrogen-bond donors (Lipinski definition) is 0. The molecule has 0 amide bonds. The van der Waals surface area contributed by atoms with Gasteiger partial charge in [0.05, 0.1) is 9.95 Å². The highest BCUT2D eigenvalue weighted by Gasteiger charge is 2.24. The lowest BCUT2D eigenvalue weighted by Crippen LogP contribution is -2.11. The van der Waals surface area contributed by atoms with Crippen molar-refractivity contribution < 1.29 is 17.5 Å². The first-order valence-electron chi connectivity index (χ1n) is 5.34. The van der Waals surface area contributed by atoms with Gasteiger partial charge in [-0.05, 0) is 18.2 Å². The van der Waals surface area contributed by atoms with Crippen LogP contribution in [0.15, 0.2) is 53.4 Å². The van der Waals surface area contributed by atoms with Gasteiger partial charge in [-0.1, -0.05) is 35.9 Å². The number of hydrogen-bond acceptors (Lipinski definition) is 5. The fourth-order valence-corrected chi connectivity index (χ4v) is 2.93. The summed E-state index contributed by atoms with van der Waals surface area (Å²) in [5.41, 5.74) is -0.442. The van der Waals surface area contributed by atoms with E-state index < -0.39 is 20.7 Å². The monoisotopic (exact) mass is 313 g/mol. The Morgan fingerprint density at radius 2 is 1.65 bits per heavy atom. The minimum Gasteiger partial charge on any atom is -0.372 e. The largest absolute Gasteiger partial charge is 0.372 e. The molecule has 0 aromatic heterocycles. The molecule has 0 heterocycles. The zero-order valence-electron chi connectivity index (χ0n) is 9.89. The van der Waals surface area contributed by atoms with Crippen LogP contribution in [0.2, 0.25) is 5.02 Å². The van der Waals surface area contributed by atoms with Crippen molar-refractivity contribution >= 4 is 27.4 Å².